The number of halogens is 1. The quantitative estimate of drug-likeness (QED) is 0.905. The van der Waals surface area contributed by atoms with Crippen molar-refractivity contribution in [2.75, 3.05) is 5.32 Å². The molecular weight excluding hydrogens is 283 g/mol. The molecule has 2 rings (SSSR count). The molecule has 0 saturated heterocycles. The maximum atomic E-state index is 13.3. The zero-order valence-electron chi connectivity index (χ0n) is 12.2. The topological polar surface area (TPSA) is 73.1 Å². The van der Waals surface area contributed by atoms with Crippen molar-refractivity contribution in [3.63, 3.8) is 0 Å². The van der Waals surface area contributed by atoms with E-state index >= 15 is 0 Å². The molecule has 1 amide bonds. The third kappa shape index (κ3) is 3.23. The Kier molecular flexibility index (Phi) is 4.42. The van der Waals surface area contributed by atoms with E-state index in [1.165, 1.54) is 18.2 Å². The summed E-state index contributed by atoms with van der Waals surface area (Å²) in [7, 11) is 0. The first-order valence-corrected chi connectivity index (χ1v) is 6.76. The van der Waals surface area contributed by atoms with E-state index in [0.29, 0.717) is 0 Å². The van der Waals surface area contributed by atoms with Crippen molar-refractivity contribution in [1.29, 1.82) is 5.26 Å². The molecule has 0 radical (unpaired) electrons. The van der Waals surface area contributed by atoms with Crippen LogP contribution in [0.5, 0.6) is 5.75 Å². The highest BCUT2D eigenvalue weighted by atomic mass is 19.1. The van der Waals surface area contributed by atoms with Gasteiger partial charge in [0.25, 0.3) is 5.91 Å². The zero-order chi connectivity index (χ0) is 16.3. The molecule has 2 N–H and O–H groups in total. The minimum absolute atomic E-state index is 0.133. The second kappa shape index (κ2) is 6.27. The number of nitriles is 1. The Morgan fingerprint density at radius 3 is 2.64 bits per heavy atom. The van der Waals surface area contributed by atoms with Crippen LogP contribution in [-0.4, -0.2) is 11.0 Å². The average molecular weight is 298 g/mol. The SMILES string of the molecule is CC(C)c1ccc(O)c(C(=O)Nc2ccc(F)c(C#N)c2)c1. The molecule has 0 bridgehead atoms. The summed E-state index contributed by atoms with van der Waals surface area (Å²) >= 11 is 0. The molecule has 5 heteroatoms. The highest BCUT2D eigenvalue weighted by molar-refractivity contribution is 6.06. The predicted molar refractivity (Wildman–Crippen MR) is 81.3 cm³/mol. The fourth-order valence-electron chi connectivity index (χ4n) is 1.98. The van der Waals surface area contributed by atoms with E-state index in [4.69, 9.17) is 5.26 Å². The highest BCUT2D eigenvalue weighted by Gasteiger charge is 2.14. The molecule has 112 valence electrons. The van der Waals surface area contributed by atoms with Gasteiger partial charge in [-0.15, -0.1) is 0 Å². The van der Waals surface area contributed by atoms with Gasteiger partial charge >= 0.3 is 0 Å². The van der Waals surface area contributed by atoms with Crippen LogP contribution < -0.4 is 5.32 Å². The van der Waals surface area contributed by atoms with Gasteiger partial charge in [0.1, 0.15) is 17.6 Å². The first kappa shape index (κ1) is 15.5. The van der Waals surface area contributed by atoms with Gasteiger partial charge in [-0.25, -0.2) is 4.39 Å². The number of anilines is 1. The number of hydrogen-bond donors (Lipinski definition) is 2. The zero-order valence-corrected chi connectivity index (χ0v) is 12.2. The van der Waals surface area contributed by atoms with Crippen molar-refractivity contribution < 1.29 is 14.3 Å². The summed E-state index contributed by atoms with van der Waals surface area (Å²) < 4.78 is 13.3. The number of amides is 1. The molecule has 2 aromatic rings. The van der Waals surface area contributed by atoms with Crippen molar-refractivity contribution in [2.45, 2.75) is 19.8 Å². The van der Waals surface area contributed by atoms with E-state index in [-0.39, 0.29) is 28.5 Å². The third-order valence-electron chi connectivity index (χ3n) is 3.28. The van der Waals surface area contributed by atoms with Crippen LogP contribution in [0.4, 0.5) is 10.1 Å². The second-order valence-electron chi connectivity index (χ2n) is 5.19. The van der Waals surface area contributed by atoms with E-state index in [0.717, 1.165) is 11.6 Å². The minimum Gasteiger partial charge on any atom is -0.507 e. The molecular formula is C17H15FN2O2. The van der Waals surface area contributed by atoms with E-state index in [9.17, 15) is 14.3 Å². The number of carbonyl (C=O) groups excluding carboxylic acids is 1. The van der Waals surface area contributed by atoms with Crippen LogP contribution >= 0.6 is 0 Å². The Hall–Kier alpha value is -2.87. The van der Waals surface area contributed by atoms with Crippen LogP contribution in [0.15, 0.2) is 36.4 Å². The Balaban J connectivity index is 2.30. The van der Waals surface area contributed by atoms with Gasteiger partial charge in [-0.3, -0.25) is 4.79 Å². The largest absolute Gasteiger partial charge is 0.507 e. The molecule has 0 spiro atoms. The van der Waals surface area contributed by atoms with Crippen LogP contribution in [0.25, 0.3) is 0 Å². The summed E-state index contributed by atoms with van der Waals surface area (Å²) in [5.41, 5.74) is 1.18. The van der Waals surface area contributed by atoms with Crippen molar-refractivity contribution in [1.82, 2.24) is 0 Å². The van der Waals surface area contributed by atoms with Crippen LogP contribution in [-0.2, 0) is 0 Å². The minimum atomic E-state index is -0.648. The van der Waals surface area contributed by atoms with E-state index < -0.39 is 11.7 Å². The molecule has 0 aromatic heterocycles. The van der Waals surface area contributed by atoms with Crippen LogP contribution in [0.3, 0.4) is 0 Å². The molecule has 2 aromatic carbocycles. The van der Waals surface area contributed by atoms with Gasteiger partial charge < -0.3 is 10.4 Å². The average Bonchev–Trinajstić information content (AvgIpc) is 2.49. The number of aromatic hydroxyl groups is 1. The van der Waals surface area contributed by atoms with Crippen molar-refractivity contribution in [2.24, 2.45) is 0 Å². The summed E-state index contributed by atoms with van der Waals surface area (Å²) in [6.45, 7) is 3.96. The Morgan fingerprint density at radius 1 is 1.27 bits per heavy atom. The van der Waals surface area contributed by atoms with Gasteiger partial charge in [0.2, 0.25) is 0 Å². The van der Waals surface area contributed by atoms with Gasteiger partial charge in [-0.1, -0.05) is 19.9 Å². The van der Waals surface area contributed by atoms with Crippen molar-refractivity contribution in [3.05, 3.63) is 58.9 Å². The maximum absolute atomic E-state index is 13.3. The van der Waals surface area contributed by atoms with Gasteiger partial charge in [0, 0.05) is 5.69 Å². The molecule has 0 unspecified atom stereocenters. The summed E-state index contributed by atoms with van der Waals surface area (Å²) in [5, 5.41) is 21.2. The monoisotopic (exact) mass is 298 g/mol. The normalized spacial score (nSPS) is 10.3. The van der Waals surface area contributed by atoms with E-state index in [1.807, 2.05) is 13.8 Å². The first-order chi connectivity index (χ1) is 10.4. The third-order valence-corrected chi connectivity index (χ3v) is 3.28. The van der Waals surface area contributed by atoms with Crippen molar-refractivity contribution >= 4 is 11.6 Å². The van der Waals surface area contributed by atoms with Gasteiger partial charge in [0.05, 0.1) is 11.1 Å². The predicted octanol–water partition coefficient (Wildman–Crippen LogP) is 3.78. The number of nitrogens with zero attached hydrogens (tertiary/aromatic N) is 1. The second-order valence-corrected chi connectivity index (χ2v) is 5.19. The molecule has 0 atom stereocenters. The van der Waals surface area contributed by atoms with E-state index in [2.05, 4.69) is 5.32 Å². The molecule has 0 fully saturated rings. The first-order valence-electron chi connectivity index (χ1n) is 6.76. The molecule has 0 heterocycles. The number of carbonyl (C=O) groups is 1. The van der Waals surface area contributed by atoms with Gasteiger partial charge in [0.15, 0.2) is 0 Å². The highest BCUT2D eigenvalue weighted by Crippen LogP contribution is 2.24. The van der Waals surface area contributed by atoms with Crippen LogP contribution in [0.2, 0.25) is 0 Å². The fraction of sp³-hybridized carbons (Fsp3) is 0.176. The smallest absolute Gasteiger partial charge is 0.259 e. The number of phenolic OH excluding ortho intramolecular Hbond substituents is 1. The number of nitrogens with one attached hydrogen (secondary N) is 1. The molecule has 0 saturated carbocycles. The van der Waals surface area contributed by atoms with Gasteiger partial charge in [-0.05, 0) is 41.8 Å². The number of rotatable bonds is 3. The molecule has 4 nitrogen and oxygen atoms in total. The van der Waals surface area contributed by atoms with Crippen molar-refractivity contribution in [3.8, 4) is 11.8 Å². The molecule has 0 aliphatic heterocycles. The Bertz CT molecular complexity index is 764. The van der Waals surface area contributed by atoms with Gasteiger partial charge in [-0.2, -0.15) is 5.26 Å². The molecule has 22 heavy (non-hydrogen) atoms. The summed E-state index contributed by atoms with van der Waals surface area (Å²) in [6.07, 6.45) is 0. The molecule has 0 aliphatic carbocycles. The van der Waals surface area contributed by atoms with Crippen LogP contribution in [0, 0.1) is 17.1 Å². The lowest BCUT2D eigenvalue weighted by Crippen LogP contribution is -2.13. The number of phenols is 1. The molecule has 0 aliphatic rings. The number of hydrogen-bond acceptors (Lipinski definition) is 3. The summed E-state index contributed by atoms with van der Waals surface area (Å²) in [6, 6.07) is 10.3. The lowest BCUT2D eigenvalue weighted by molar-refractivity contribution is 0.102. The van der Waals surface area contributed by atoms with E-state index in [1.54, 1.807) is 18.2 Å². The fourth-order valence-corrected chi connectivity index (χ4v) is 1.98. The Morgan fingerprint density at radius 2 is 2.00 bits per heavy atom. The number of benzene rings is 2. The summed E-state index contributed by atoms with van der Waals surface area (Å²) in [5.74, 6) is -1.09. The Labute approximate surface area is 127 Å². The summed E-state index contributed by atoms with van der Waals surface area (Å²) in [4.78, 5) is 12.2. The standard InChI is InChI=1S/C17H15FN2O2/c1-10(2)11-3-6-16(21)14(8-11)17(22)20-13-4-5-15(18)12(7-13)9-19/h3-8,10,21H,1-2H3,(H,20,22). The van der Waals surface area contributed by atoms with Crippen LogP contribution in [0.1, 0.15) is 41.3 Å². The lowest BCUT2D eigenvalue weighted by atomic mass is 10.00. The maximum Gasteiger partial charge on any atom is 0.259 e. The lowest BCUT2D eigenvalue weighted by Gasteiger charge is -2.11.